The van der Waals surface area contributed by atoms with Gasteiger partial charge in [-0.05, 0) is 91.6 Å². The Bertz CT molecular complexity index is 909. The first-order chi connectivity index (χ1) is 16.2. The number of benzene rings is 2. The Morgan fingerprint density at radius 3 is 1.97 bits per heavy atom. The number of aryl methyl sites for hydroxylation is 1. The molecule has 2 fully saturated rings. The summed E-state index contributed by atoms with van der Waals surface area (Å²) in [6.07, 6.45) is 22.1. The van der Waals surface area contributed by atoms with Crippen molar-refractivity contribution in [1.29, 1.82) is 0 Å². The van der Waals surface area contributed by atoms with Gasteiger partial charge in [0, 0.05) is 5.39 Å². The molecule has 2 saturated carbocycles. The van der Waals surface area contributed by atoms with E-state index in [-0.39, 0.29) is 5.82 Å². The van der Waals surface area contributed by atoms with E-state index in [9.17, 15) is 4.39 Å². The number of rotatable bonds is 10. The van der Waals surface area contributed by atoms with Crippen LogP contribution in [0.3, 0.4) is 0 Å². The Balaban J connectivity index is 1.25. The fraction of sp³-hybridized carbons (Fsp3) is 0.562. The van der Waals surface area contributed by atoms with Crippen molar-refractivity contribution >= 4 is 10.8 Å². The highest BCUT2D eigenvalue weighted by molar-refractivity contribution is 5.84. The van der Waals surface area contributed by atoms with Gasteiger partial charge in [-0.3, -0.25) is 0 Å². The Kier molecular flexibility index (Phi) is 8.82. The molecule has 0 aromatic heterocycles. The van der Waals surface area contributed by atoms with Gasteiger partial charge in [-0.25, -0.2) is 4.39 Å². The topological polar surface area (TPSA) is 0 Å². The Morgan fingerprint density at radius 1 is 0.727 bits per heavy atom. The number of allylic oxidation sites excluding steroid dienone is 2. The summed E-state index contributed by atoms with van der Waals surface area (Å²) >= 11 is 0. The van der Waals surface area contributed by atoms with E-state index in [4.69, 9.17) is 0 Å². The van der Waals surface area contributed by atoms with Crippen molar-refractivity contribution in [2.45, 2.75) is 95.8 Å². The maximum absolute atomic E-state index is 14.9. The summed E-state index contributed by atoms with van der Waals surface area (Å²) in [7, 11) is 0. The number of hydrogen-bond donors (Lipinski definition) is 0. The summed E-state index contributed by atoms with van der Waals surface area (Å²) in [6, 6.07) is 10.5. The minimum atomic E-state index is -0.0423. The van der Waals surface area contributed by atoms with Crippen LogP contribution in [0, 0.1) is 23.6 Å². The molecule has 0 aliphatic heterocycles. The van der Waals surface area contributed by atoms with Crippen LogP contribution in [0.25, 0.3) is 10.8 Å². The SMILES string of the molecule is C=CCCc1ccc2cc(C3CCC(CCC4CCC(CCC=C)CC4)CC3)ccc2c1F. The maximum Gasteiger partial charge on any atom is 0.134 e. The lowest BCUT2D eigenvalue weighted by Crippen LogP contribution is -2.17. The summed E-state index contributed by atoms with van der Waals surface area (Å²) in [4.78, 5) is 0. The van der Waals surface area contributed by atoms with Gasteiger partial charge in [-0.2, -0.15) is 0 Å². The molecule has 2 aromatic rings. The molecule has 2 aliphatic carbocycles. The van der Waals surface area contributed by atoms with Gasteiger partial charge in [0.2, 0.25) is 0 Å². The van der Waals surface area contributed by atoms with E-state index >= 15 is 0 Å². The number of fused-ring (bicyclic) bond motifs is 1. The molecule has 0 N–H and O–H groups in total. The minimum absolute atomic E-state index is 0.0423. The van der Waals surface area contributed by atoms with Crippen molar-refractivity contribution in [2.75, 3.05) is 0 Å². The summed E-state index contributed by atoms with van der Waals surface area (Å²) in [5, 5.41) is 1.83. The average molecular weight is 447 g/mol. The van der Waals surface area contributed by atoms with Crippen molar-refractivity contribution in [3.05, 3.63) is 72.6 Å². The molecule has 0 atom stereocenters. The van der Waals surface area contributed by atoms with Gasteiger partial charge in [-0.1, -0.05) is 81.0 Å². The smallest absolute Gasteiger partial charge is 0.134 e. The predicted octanol–water partition coefficient (Wildman–Crippen LogP) is 9.92. The van der Waals surface area contributed by atoms with E-state index < -0.39 is 0 Å². The van der Waals surface area contributed by atoms with Gasteiger partial charge in [0.1, 0.15) is 5.82 Å². The molecule has 0 radical (unpaired) electrons. The summed E-state index contributed by atoms with van der Waals surface area (Å²) in [6.45, 7) is 7.63. The second kappa shape index (κ2) is 12.0. The Hall–Kier alpha value is -1.89. The standard InChI is InChI=1S/C32H43F/c1-3-5-7-24-9-11-25(12-10-24)13-14-26-15-17-27(18-16-26)29-21-22-31-30(23-29)20-19-28(32(31)33)8-6-4-2/h3-4,19-27H,1-2,5-18H2. The molecule has 178 valence electrons. The van der Waals surface area contributed by atoms with E-state index in [0.717, 1.165) is 46.9 Å². The maximum atomic E-state index is 14.9. The summed E-state index contributed by atoms with van der Waals surface area (Å²) in [5.41, 5.74) is 2.22. The van der Waals surface area contributed by atoms with E-state index in [1.54, 1.807) is 0 Å². The first-order valence-corrected chi connectivity index (χ1v) is 13.6. The van der Waals surface area contributed by atoms with Crippen LogP contribution in [0.5, 0.6) is 0 Å². The Morgan fingerprint density at radius 2 is 1.33 bits per heavy atom. The van der Waals surface area contributed by atoms with Crippen molar-refractivity contribution in [2.24, 2.45) is 17.8 Å². The van der Waals surface area contributed by atoms with E-state index in [2.05, 4.69) is 37.4 Å². The monoisotopic (exact) mass is 446 g/mol. The molecule has 1 heteroatoms. The average Bonchev–Trinajstić information content (AvgIpc) is 2.86. The minimum Gasteiger partial charge on any atom is -0.206 e. The van der Waals surface area contributed by atoms with Crippen LogP contribution in [0.2, 0.25) is 0 Å². The normalized spacial score (nSPS) is 25.7. The predicted molar refractivity (Wildman–Crippen MR) is 141 cm³/mol. The fourth-order valence-electron chi connectivity index (χ4n) is 6.48. The van der Waals surface area contributed by atoms with Crippen molar-refractivity contribution in [1.82, 2.24) is 0 Å². The van der Waals surface area contributed by atoms with Crippen LogP contribution in [-0.2, 0) is 6.42 Å². The highest BCUT2D eigenvalue weighted by Crippen LogP contribution is 2.41. The summed E-state index contributed by atoms with van der Waals surface area (Å²) in [5.74, 6) is 3.47. The van der Waals surface area contributed by atoms with Gasteiger partial charge in [0.25, 0.3) is 0 Å². The van der Waals surface area contributed by atoms with Gasteiger partial charge in [-0.15, -0.1) is 13.2 Å². The van der Waals surface area contributed by atoms with Crippen LogP contribution in [0.4, 0.5) is 4.39 Å². The van der Waals surface area contributed by atoms with E-state index in [0.29, 0.717) is 5.92 Å². The van der Waals surface area contributed by atoms with Gasteiger partial charge in [0.15, 0.2) is 0 Å². The molecule has 2 aliphatic rings. The number of halogens is 1. The van der Waals surface area contributed by atoms with Crippen molar-refractivity contribution in [3.8, 4) is 0 Å². The van der Waals surface area contributed by atoms with Crippen LogP contribution < -0.4 is 0 Å². The van der Waals surface area contributed by atoms with Crippen LogP contribution in [0.15, 0.2) is 55.6 Å². The molecule has 4 rings (SSSR count). The molecule has 2 aromatic carbocycles. The molecule has 0 heterocycles. The molecular weight excluding hydrogens is 403 g/mol. The lowest BCUT2D eigenvalue weighted by molar-refractivity contribution is 0.225. The molecule has 0 unspecified atom stereocenters. The first kappa shape index (κ1) is 24.2. The zero-order valence-electron chi connectivity index (χ0n) is 20.5. The second-order valence-corrected chi connectivity index (χ2v) is 10.9. The van der Waals surface area contributed by atoms with Gasteiger partial charge >= 0.3 is 0 Å². The summed E-state index contributed by atoms with van der Waals surface area (Å²) < 4.78 is 14.9. The van der Waals surface area contributed by atoms with E-state index in [1.165, 1.54) is 82.6 Å². The largest absolute Gasteiger partial charge is 0.206 e. The highest BCUT2D eigenvalue weighted by Gasteiger charge is 2.25. The lowest BCUT2D eigenvalue weighted by Gasteiger charge is -2.32. The molecule has 0 nitrogen and oxygen atoms in total. The van der Waals surface area contributed by atoms with E-state index in [1.807, 2.05) is 18.2 Å². The third-order valence-corrected chi connectivity index (χ3v) is 8.72. The van der Waals surface area contributed by atoms with Crippen LogP contribution in [0.1, 0.15) is 101 Å². The van der Waals surface area contributed by atoms with Gasteiger partial charge < -0.3 is 0 Å². The van der Waals surface area contributed by atoms with Crippen molar-refractivity contribution in [3.63, 3.8) is 0 Å². The molecule has 0 bridgehead atoms. The van der Waals surface area contributed by atoms with Gasteiger partial charge in [0.05, 0.1) is 0 Å². The second-order valence-electron chi connectivity index (χ2n) is 10.9. The molecule has 33 heavy (non-hydrogen) atoms. The molecule has 0 saturated heterocycles. The first-order valence-electron chi connectivity index (χ1n) is 13.6. The Labute approximate surface area is 201 Å². The third kappa shape index (κ3) is 6.37. The molecule has 0 spiro atoms. The third-order valence-electron chi connectivity index (χ3n) is 8.72. The quantitative estimate of drug-likeness (QED) is 0.318. The number of hydrogen-bond acceptors (Lipinski definition) is 0. The zero-order chi connectivity index (χ0) is 23.0. The van der Waals surface area contributed by atoms with Crippen LogP contribution in [-0.4, -0.2) is 0 Å². The highest BCUT2D eigenvalue weighted by atomic mass is 19.1. The zero-order valence-corrected chi connectivity index (χ0v) is 20.5. The molecular formula is C32H43F. The lowest BCUT2D eigenvalue weighted by atomic mass is 9.74. The van der Waals surface area contributed by atoms with Crippen LogP contribution >= 0.6 is 0 Å². The van der Waals surface area contributed by atoms with Crippen molar-refractivity contribution < 1.29 is 4.39 Å². The molecule has 0 amide bonds. The fourth-order valence-corrected chi connectivity index (χ4v) is 6.48.